The molecule has 0 radical (unpaired) electrons. The number of para-hydroxylation sites is 1. The number of hydrogen-bond donors (Lipinski definition) is 2. The smallest absolute Gasteiger partial charge is 0.161 e. The van der Waals surface area contributed by atoms with Crippen molar-refractivity contribution >= 4 is 23.3 Å². The fourth-order valence-electron chi connectivity index (χ4n) is 3.42. The third kappa shape index (κ3) is 3.79. The van der Waals surface area contributed by atoms with Gasteiger partial charge in [0.05, 0.1) is 17.7 Å². The van der Waals surface area contributed by atoms with Gasteiger partial charge in [0.25, 0.3) is 0 Å². The second-order valence-electron chi connectivity index (χ2n) is 6.86. The van der Waals surface area contributed by atoms with Crippen molar-refractivity contribution in [2.45, 2.75) is 50.0 Å². The van der Waals surface area contributed by atoms with Crippen molar-refractivity contribution in [1.82, 2.24) is 4.72 Å². The van der Waals surface area contributed by atoms with Crippen LogP contribution in [0.2, 0.25) is 0 Å². The molecule has 26 heavy (non-hydrogen) atoms. The first-order valence-corrected chi connectivity index (χ1v) is 10.1. The van der Waals surface area contributed by atoms with Crippen molar-refractivity contribution in [3.8, 4) is 11.5 Å². The second kappa shape index (κ2) is 8.23. The van der Waals surface area contributed by atoms with Crippen LogP contribution in [-0.4, -0.2) is 24.3 Å². The van der Waals surface area contributed by atoms with Crippen LogP contribution < -0.4 is 14.4 Å². The number of nitrogens with zero attached hydrogens (tertiary/aromatic N) is 1. The van der Waals surface area contributed by atoms with E-state index in [1.54, 1.807) is 19.1 Å². The summed E-state index contributed by atoms with van der Waals surface area (Å²) in [6.07, 6.45) is 4.53. The second-order valence-corrected chi connectivity index (χ2v) is 7.70. The van der Waals surface area contributed by atoms with Gasteiger partial charge >= 0.3 is 0 Å². The summed E-state index contributed by atoms with van der Waals surface area (Å²) < 4.78 is 9.07. The molecule has 0 saturated heterocycles. The minimum absolute atomic E-state index is 0.0123. The lowest BCUT2D eigenvalue weighted by Gasteiger charge is -2.37. The minimum atomic E-state index is 0.0123. The zero-order chi connectivity index (χ0) is 18.6. The topological polar surface area (TPSA) is 44.7 Å². The van der Waals surface area contributed by atoms with Crippen LogP contribution in [0.15, 0.2) is 47.4 Å². The summed E-state index contributed by atoms with van der Waals surface area (Å²) in [6.45, 7) is 5.35. The van der Waals surface area contributed by atoms with Gasteiger partial charge in [-0.25, -0.2) is 0 Å². The lowest BCUT2D eigenvalue weighted by molar-refractivity contribution is 0.351. The van der Waals surface area contributed by atoms with E-state index in [0.717, 1.165) is 35.7 Å². The number of methoxy groups -OCH3 is 1. The number of ether oxygens (including phenoxy) is 1. The van der Waals surface area contributed by atoms with Gasteiger partial charge < -0.3 is 14.7 Å². The highest BCUT2D eigenvalue weighted by Crippen LogP contribution is 2.45. The highest BCUT2D eigenvalue weighted by molar-refractivity contribution is 7.97. The maximum Gasteiger partial charge on any atom is 0.161 e. The molecule has 4 nitrogen and oxygen atoms in total. The lowest BCUT2D eigenvalue weighted by Crippen LogP contribution is -2.48. The molecule has 1 aliphatic rings. The van der Waals surface area contributed by atoms with Crippen LogP contribution >= 0.6 is 11.9 Å². The Bertz CT molecular complexity index is 738. The van der Waals surface area contributed by atoms with Crippen molar-refractivity contribution in [2.75, 3.05) is 18.6 Å². The Morgan fingerprint density at radius 2 is 2.00 bits per heavy atom. The van der Waals surface area contributed by atoms with Crippen LogP contribution in [0.1, 0.15) is 39.5 Å². The number of unbranched alkanes of at least 4 members (excludes halogenated alkanes) is 1. The highest BCUT2D eigenvalue weighted by Gasteiger charge is 2.35. The van der Waals surface area contributed by atoms with Gasteiger partial charge in [-0.3, -0.25) is 4.72 Å². The first-order chi connectivity index (χ1) is 12.6. The molecule has 1 unspecified atom stereocenters. The normalized spacial score (nSPS) is 19.7. The van der Waals surface area contributed by atoms with E-state index >= 15 is 0 Å². The molecule has 0 saturated carbocycles. The maximum atomic E-state index is 10.4. The van der Waals surface area contributed by atoms with E-state index in [4.69, 9.17) is 4.74 Å². The maximum absolute atomic E-state index is 10.4. The Morgan fingerprint density at radius 1 is 1.23 bits per heavy atom. The molecule has 1 heterocycles. The largest absolute Gasteiger partial charge is 0.504 e. The molecule has 3 rings (SSSR count). The van der Waals surface area contributed by atoms with Crippen molar-refractivity contribution < 1.29 is 9.84 Å². The summed E-state index contributed by atoms with van der Waals surface area (Å²) >= 11 is 1.65. The molecule has 2 aromatic carbocycles. The van der Waals surface area contributed by atoms with Crippen LogP contribution in [0, 0.1) is 0 Å². The van der Waals surface area contributed by atoms with Gasteiger partial charge in [-0.05, 0) is 36.9 Å². The van der Waals surface area contributed by atoms with Crippen LogP contribution in [-0.2, 0) is 0 Å². The molecule has 0 aliphatic carbocycles. The van der Waals surface area contributed by atoms with Crippen molar-refractivity contribution in [3.63, 3.8) is 0 Å². The van der Waals surface area contributed by atoms with Gasteiger partial charge in [-0.2, -0.15) is 0 Å². The molecule has 0 bridgehead atoms. The summed E-state index contributed by atoms with van der Waals surface area (Å²) in [5, 5.41) is 10.4. The quantitative estimate of drug-likeness (QED) is 0.657. The average Bonchev–Trinajstić information content (AvgIpc) is 2.84. The van der Waals surface area contributed by atoms with Crippen LogP contribution in [0.4, 0.5) is 11.4 Å². The Labute approximate surface area is 160 Å². The summed E-state index contributed by atoms with van der Waals surface area (Å²) in [5.41, 5.74) is 2.16. The SMILES string of the molecule is CCCCC1(CC)CN(c2ccccc2)c2cc(O)c(OC)cc2SN1. The number of benzene rings is 2. The number of phenols is 1. The molecule has 5 heteroatoms. The van der Waals surface area contributed by atoms with Gasteiger partial charge in [-0.15, -0.1) is 0 Å². The van der Waals surface area contributed by atoms with E-state index in [1.807, 2.05) is 18.2 Å². The molecule has 2 aromatic rings. The standard InChI is InChI=1S/C21H28N2O2S/c1-4-6-12-21(5-2)15-23(16-10-8-7-9-11-16)17-13-18(24)19(25-3)14-20(17)26-22-21/h7-11,13-14,22,24H,4-6,12,15H2,1-3H3. The van der Waals surface area contributed by atoms with Crippen molar-refractivity contribution in [2.24, 2.45) is 0 Å². The predicted molar refractivity (Wildman–Crippen MR) is 110 cm³/mol. The van der Waals surface area contributed by atoms with E-state index < -0.39 is 0 Å². The number of anilines is 2. The number of phenolic OH excluding ortho intramolecular Hbond substituents is 1. The molecule has 0 amide bonds. The average molecular weight is 373 g/mol. The number of nitrogens with one attached hydrogen (secondary N) is 1. The van der Waals surface area contributed by atoms with Gasteiger partial charge in [0.15, 0.2) is 11.5 Å². The number of fused-ring (bicyclic) bond motifs is 1. The number of hydrogen-bond acceptors (Lipinski definition) is 5. The molecule has 0 aromatic heterocycles. The Balaban J connectivity index is 2.09. The molecule has 1 aliphatic heterocycles. The third-order valence-electron chi connectivity index (χ3n) is 5.14. The molecular formula is C21H28N2O2S. The zero-order valence-corrected chi connectivity index (χ0v) is 16.6. The first kappa shape index (κ1) is 18.9. The third-order valence-corrected chi connectivity index (χ3v) is 6.23. The Kier molecular flexibility index (Phi) is 5.99. The van der Waals surface area contributed by atoms with Gasteiger partial charge in [0.1, 0.15) is 0 Å². The van der Waals surface area contributed by atoms with Gasteiger partial charge in [-0.1, -0.05) is 44.9 Å². The lowest BCUT2D eigenvalue weighted by atomic mass is 9.89. The Hall–Kier alpha value is -1.85. The molecule has 140 valence electrons. The zero-order valence-electron chi connectivity index (χ0n) is 15.8. The summed E-state index contributed by atoms with van der Waals surface area (Å²) in [4.78, 5) is 3.39. The van der Waals surface area contributed by atoms with E-state index in [-0.39, 0.29) is 11.3 Å². The molecule has 2 N–H and O–H groups in total. The minimum Gasteiger partial charge on any atom is -0.504 e. The molecule has 1 atom stereocenters. The summed E-state index contributed by atoms with van der Waals surface area (Å²) in [7, 11) is 1.59. The Morgan fingerprint density at radius 3 is 2.65 bits per heavy atom. The van der Waals surface area contributed by atoms with Gasteiger partial charge in [0.2, 0.25) is 0 Å². The van der Waals surface area contributed by atoms with Crippen LogP contribution in [0.25, 0.3) is 0 Å². The van der Waals surface area contributed by atoms with E-state index in [1.165, 1.54) is 12.8 Å². The number of aromatic hydroxyl groups is 1. The monoisotopic (exact) mass is 372 g/mol. The molecule has 0 fully saturated rings. The predicted octanol–water partition coefficient (Wildman–Crippen LogP) is 5.49. The van der Waals surface area contributed by atoms with E-state index in [0.29, 0.717) is 5.75 Å². The van der Waals surface area contributed by atoms with Crippen molar-refractivity contribution in [3.05, 3.63) is 42.5 Å². The van der Waals surface area contributed by atoms with Gasteiger partial charge in [0, 0.05) is 29.9 Å². The van der Waals surface area contributed by atoms with Crippen molar-refractivity contribution in [1.29, 1.82) is 0 Å². The van der Waals surface area contributed by atoms with E-state index in [2.05, 4.69) is 47.7 Å². The number of rotatable bonds is 6. The van der Waals surface area contributed by atoms with Crippen LogP contribution in [0.3, 0.4) is 0 Å². The fraction of sp³-hybridized carbons (Fsp3) is 0.429. The van der Waals surface area contributed by atoms with E-state index in [9.17, 15) is 5.11 Å². The fourth-order valence-corrected chi connectivity index (χ4v) is 4.50. The first-order valence-electron chi connectivity index (χ1n) is 9.30. The summed E-state index contributed by atoms with van der Waals surface area (Å²) in [5.74, 6) is 0.675. The van der Waals surface area contributed by atoms with Crippen LogP contribution in [0.5, 0.6) is 11.5 Å². The highest BCUT2D eigenvalue weighted by atomic mass is 32.2. The molecule has 0 spiro atoms. The molecular weight excluding hydrogens is 344 g/mol. The summed E-state index contributed by atoms with van der Waals surface area (Å²) in [6, 6.07) is 14.1.